The fourth-order valence-electron chi connectivity index (χ4n) is 1.37. The van der Waals surface area contributed by atoms with Gasteiger partial charge in [0.25, 0.3) is 0 Å². The van der Waals surface area contributed by atoms with Crippen LogP contribution in [0.3, 0.4) is 0 Å². The highest BCUT2D eigenvalue weighted by molar-refractivity contribution is 5.18. The number of benzene rings is 1. The van der Waals surface area contributed by atoms with Crippen LogP contribution in [-0.4, -0.2) is 17.7 Å². The van der Waals surface area contributed by atoms with E-state index in [9.17, 15) is 5.11 Å². The second kappa shape index (κ2) is 5.00. The number of rotatable bonds is 4. The van der Waals surface area contributed by atoms with Gasteiger partial charge in [-0.3, -0.25) is 0 Å². The van der Waals surface area contributed by atoms with Crippen LogP contribution in [0, 0.1) is 0 Å². The summed E-state index contributed by atoms with van der Waals surface area (Å²) < 4.78 is 0. The van der Waals surface area contributed by atoms with Gasteiger partial charge in [-0.15, -0.1) is 0 Å². The Balaban J connectivity index is 2.62. The van der Waals surface area contributed by atoms with E-state index in [1.807, 2.05) is 44.2 Å². The largest absolute Gasteiger partial charge is 0.387 e. The fraction of sp³-hybridized carbons (Fsp3) is 0.455. The third kappa shape index (κ3) is 2.83. The molecule has 0 aliphatic rings. The van der Waals surface area contributed by atoms with E-state index in [0.29, 0.717) is 0 Å². The molecule has 0 saturated carbocycles. The van der Waals surface area contributed by atoms with Crippen LogP contribution in [0.15, 0.2) is 30.3 Å². The second-order valence-corrected chi connectivity index (χ2v) is 3.20. The van der Waals surface area contributed by atoms with Crippen molar-refractivity contribution in [2.45, 2.75) is 26.0 Å². The summed E-state index contributed by atoms with van der Waals surface area (Å²) in [6, 6.07) is 9.83. The first kappa shape index (κ1) is 10.2. The lowest BCUT2D eigenvalue weighted by Gasteiger charge is -2.19. The molecule has 13 heavy (non-hydrogen) atoms. The molecule has 1 aromatic carbocycles. The Morgan fingerprint density at radius 2 is 1.92 bits per heavy atom. The van der Waals surface area contributed by atoms with Crippen LogP contribution >= 0.6 is 0 Å². The molecule has 0 unspecified atom stereocenters. The van der Waals surface area contributed by atoms with Gasteiger partial charge < -0.3 is 10.4 Å². The van der Waals surface area contributed by atoms with Crippen molar-refractivity contribution in [2.24, 2.45) is 0 Å². The third-order valence-electron chi connectivity index (χ3n) is 2.14. The molecule has 1 aromatic rings. The summed E-state index contributed by atoms with van der Waals surface area (Å²) in [5.74, 6) is 0. The van der Waals surface area contributed by atoms with Gasteiger partial charge in [-0.25, -0.2) is 0 Å². The van der Waals surface area contributed by atoms with Gasteiger partial charge in [0, 0.05) is 6.04 Å². The van der Waals surface area contributed by atoms with Gasteiger partial charge in [-0.2, -0.15) is 0 Å². The zero-order valence-corrected chi connectivity index (χ0v) is 8.20. The van der Waals surface area contributed by atoms with E-state index < -0.39 is 6.10 Å². The molecule has 0 aromatic heterocycles. The molecule has 0 radical (unpaired) electrons. The molecule has 2 atom stereocenters. The van der Waals surface area contributed by atoms with Crippen LogP contribution < -0.4 is 5.32 Å². The summed E-state index contributed by atoms with van der Waals surface area (Å²) >= 11 is 0. The third-order valence-corrected chi connectivity index (χ3v) is 2.14. The first-order chi connectivity index (χ1) is 6.25. The first-order valence-corrected chi connectivity index (χ1v) is 4.72. The maximum atomic E-state index is 9.86. The van der Waals surface area contributed by atoms with Crippen LogP contribution in [-0.2, 0) is 0 Å². The molecule has 1 rings (SSSR count). The average Bonchev–Trinajstić information content (AvgIpc) is 2.18. The SMILES string of the molecule is CCN[C@@H](C)[C@@H](O)c1ccccc1. The van der Waals surface area contributed by atoms with Gasteiger partial charge >= 0.3 is 0 Å². The van der Waals surface area contributed by atoms with Crippen LogP contribution in [0.5, 0.6) is 0 Å². The summed E-state index contributed by atoms with van der Waals surface area (Å²) in [6.07, 6.45) is -0.416. The van der Waals surface area contributed by atoms with Crippen molar-refractivity contribution in [3.8, 4) is 0 Å². The van der Waals surface area contributed by atoms with E-state index in [-0.39, 0.29) is 6.04 Å². The lowest BCUT2D eigenvalue weighted by molar-refractivity contribution is 0.137. The predicted octanol–water partition coefficient (Wildman–Crippen LogP) is 1.72. The van der Waals surface area contributed by atoms with Crippen molar-refractivity contribution in [3.63, 3.8) is 0 Å². The molecule has 0 spiro atoms. The number of aliphatic hydroxyl groups is 1. The minimum absolute atomic E-state index is 0.104. The van der Waals surface area contributed by atoms with Crippen molar-refractivity contribution in [2.75, 3.05) is 6.54 Å². The number of nitrogens with one attached hydrogen (secondary N) is 1. The molecule has 0 saturated heterocycles. The molecule has 2 heteroatoms. The molecule has 0 aliphatic carbocycles. The minimum Gasteiger partial charge on any atom is -0.387 e. The Hall–Kier alpha value is -0.860. The predicted molar refractivity (Wildman–Crippen MR) is 54.5 cm³/mol. The molecule has 0 bridgehead atoms. The summed E-state index contributed by atoms with van der Waals surface area (Å²) in [5.41, 5.74) is 0.968. The van der Waals surface area contributed by atoms with Gasteiger partial charge in [0.2, 0.25) is 0 Å². The second-order valence-electron chi connectivity index (χ2n) is 3.20. The Morgan fingerprint density at radius 1 is 1.31 bits per heavy atom. The van der Waals surface area contributed by atoms with Crippen molar-refractivity contribution in [1.82, 2.24) is 5.32 Å². The lowest BCUT2D eigenvalue weighted by Crippen LogP contribution is -2.31. The maximum Gasteiger partial charge on any atom is 0.0940 e. The molecule has 0 heterocycles. The topological polar surface area (TPSA) is 32.3 Å². The fourth-order valence-corrected chi connectivity index (χ4v) is 1.37. The maximum absolute atomic E-state index is 9.86. The minimum atomic E-state index is -0.416. The van der Waals surface area contributed by atoms with Crippen LogP contribution in [0.1, 0.15) is 25.5 Å². The van der Waals surface area contributed by atoms with Crippen molar-refractivity contribution < 1.29 is 5.11 Å². The lowest BCUT2D eigenvalue weighted by atomic mass is 10.0. The highest BCUT2D eigenvalue weighted by atomic mass is 16.3. The molecule has 0 fully saturated rings. The van der Waals surface area contributed by atoms with Gasteiger partial charge in [-0.05, 0) is 19.0 Å². The van der Waals surface area contributed by atoms with E-state index in [1.165, 1.54) is 0 Å². The standard InChI is InChI=1S/C11H17NO/c1-3-12-9(2)11(13)10-7-5-4-6-8-10/h4-9,11-13H,3H2,1-2H3/t9-,11+/m0/s1. The smallest absolute Gasteiger partial charge is 0.0940 e. The number of hydrogen-bond donors (Lipinski definition) is 2. The highest BCUT2D eigenvalue weighted by Crippen LogP contribution is 2.15. The van der Waals surface area contributed by atoms with Gasteiger partial charge in [0.05, 0.1) is 6.10 Å². The summed E-state index contributed by atoms with van der Waals surface area (Å²) in [5, 5.41) is 13.1. The molecular formula is C11H17NO. The van der Waals surface area contributed by atoms with Gasteiger partial charge in [0.15, 0.2) is 0 Å². The zero-order valence-electron chi connectivity index (χ0n) is 8.20. The number of aliphatic hydroxyl groups excluding tert-OH is 1. The molecular weight excluding hydrogens is 162 g/mol. The van der Waals surface area contributed by atoms with Crippen molar-refractivity contribution in [1.29, 1.82) is 0 Å². The van der Waals surface area contributed by atoms with Gasteiger partial charge in [0.1, 0.15) is 0 Å². The summed E-state index contributed by atoms with van der Waals surface area (Å²) in [6.45, 7) is 4.90. The van der Waals surface area contributed by atoms with E-state index in [4.69, 9.17) is 0 Å². The average molecular weight is 179 g/mol. The first-order valence-electron chi connectivity index (χ1n) is 4.72. The normalized spacial score (nSPS) is 15.3. The van der Waals surface area contributed by atoms with E-state index >= 15 is 0 Å². The monoisotopic (exact) mass is 179 g/mol. The Kier molecular flexibility index (Phi) is 3.93. The Bertz CT molecular complexity index is 235. The van der Waals surface area contributed by atoms with E-state index in [1.54, 1.807) is 0 Å². The van der Waals surface area contributed by atoms with E-state index in [0.717, 1.165) is 12.1 Å². The molecule has 0 amide bonds. The zero-order chi connectivity index (χ0) is 9.68. The number of likely N-dealkylation sites (N-methyl/N-ethyl adjacent to an activating group) is 1. The summed E-state index contributed by atoms with van der Waals surface area (Å²) in [4.78, 5) is 0. The van der Waals surface area contributed by atoms with Gasteiger partial charge in [-0.1, -0.05) is 37.3 Å². The van der Waals surface area contributed by atoms with Crippen LogP contribution in [0.25, 0.3) is 0 Å². The summed E-state index contributed by atoms with van der Waals surface area (Å²) in [7, 11) is 0. The molecule has 0 aliphatic heterocycles. The van der Waals surface area contributed by atoms with Crippen molar-refractivity contribution in [3.05, 3.63) is 35.9 Å². The molecule has 2 nitrogen and oxygen atoms in total. The Morgan fingerprint density at radius 3 is 2.46 bits per heavy atom. The number of hydrogen-bond acceptors (Lipinski definition) is 2. The Labute approximate surface area is 79.6 Å². The van der Waals surface area contributed by atoms with Crippen LogP contribution in [0.4, 0.5) is 0 Å². The molecule has 2 N–H and O–H groups in total. The van der Waals surface area contributed by atoms with Crippen LogP contribution in [0.2, 0.25) is 0 Å². The highest BCUT2D eigenvalue weighted by Gasteiger charge is 2.13. The van der Waals surface area contributed by atoms with E-state index in [2.05, 4.69) is 5.32 Å². The molecule has 72 valence electrons. The van der Waals surface area contributed by atoms with Crippen molar-refractivity contribution >= 4 is 0 Å². The quantitative estimate of drug-likeness (QED) is 0.737.